The summed E-state index contributed by atoms with van der Waals surface area (Å²) in [6, 6.07) is 6.35. The van der Waals surface area contributed by atoms with Crippen molar-refractivity contribution in [3.8, 4) is 0 Å². The Labute approximate surface area is 91.5 Å². The van der Waals surface area contributed by atoms with Crippen molar-refractivity contribution in [1.29, 1.82) is 0 Å². The van der Waals surface area contributed by atoms with Gasteiger partial charge in [-0.25, -0.2) is 0 Å². The van der Waals surface area contributed by atoms with Crippen LogP contribution in [-0.4, -0.2) is 6.54 Å². The predicted octanol–water partition coefficient (Wildman–Crippen LogP) is 2.74. The van der Waals surface area contributed by atoms with Gasteiger partial charge >= 0.3 is 0 Å². The van der Waals surface area contributed by atoms with Crippen molar-refractivity contribution in [1.82, 2.24) is 0 Å². The zero-order valence-electron chi connectivity index (χ0n) is 9.33. The zero-order valence-corrected chi connectivity index (χ0v) is 9.33. The highest BCUT2D eigenvalue weighted by atomic mass is 14.8. The normalized spacial score (nSPS) is 11.4. The van der Waals surface area contributed by atoms with Crippen LogP contribution in [0.2, 0.25) is 0 Å². The minimum atomic E-state index is 0.577. The van der Waals surface area contributed by atoms with Gasteiger partial charge in [-0.05, 0) is 37.1 Å². The molecule has 0 heterocycles. The van der Waals surface area contributed by atoms with Crippen molar-refractivity contribution < 1.29 is 0 Å². The van der Waals surface area contributed by atoms with Crippen LogP contribution in [0.3, 0.4) is 0 Å². The number of allylic oxidation sites excluding steroid dienone is 2. The molecule has 15 heavy (non-hydrogen) atoms. The van der Waals surface area contributed by atoms with E-state index in [0.717, 1.165) is 5.69 Å². The van der Waals surface area contributed by atoms with Crippen LogP contribution in [0.5, 0.6) is 0 Å². The van der Waals surface area contributed by atoms with E-state index in [-0.39, 0.29) is 0 Å². The largest absolute Gasteiger partial charge is 0.361 e. The number of anilines is 1. The van der Waals surface area contributed by atoms with Gasteiger partial charge in [0.1, 0.15) is 0 Å². The molecule has 0 radical (unpaired) electrons. The van der Waals surface area contributed by atoms with Crippen molar-refractivity contribution in [3.05, 3.63) is 53.8 Å². The third-order valence-corrected chi connectivity index (χ3v) is 2.11. The molecule has 0 fully saturated rings. The lowest BCUT2D eigenvalue weighted by molar-refractivity contribution is 1.25. The van der Waals surface area contributed by atoms with Gasteiger partial charge in [-0.3, -0.25) is 0 Å². The maximum atomic E-state index is 5.32. The topological polar surface area (TPSA) is 38.0 Å². The molecular formula is C13H18N2. The number of aryl methyl sites for hydroxylation is 2. The van der Waals surface area contributed by atoms with Gasteiger partial charge in [0.05, 0.1) is 0 Å². The van der Waals surface area contributed by atoms with E-state index in [2.05, 4.69) is 37.4 Å². The van der Waals surface area contributed by atoms with E-state index in [0.29, 0.717) is 6.54 Å². The molecule has 0 unspecified atom stereocenters. The van der Waals surface area contributed by atoms with Gasteiger partial charge in [0.2, 0.25) is 0 Å². The van der Waals surface area contributed by atoms with Gasteiger partial charge in [-0.1, -0.05) is 24.3 Å². The average Bonchev–Trinajstić information content (AvgIpc) is 2.23. The second kappa shape index (κ2) is 6.04. The minimum Gasteiger partial charge on any atom is -0.361 e. The first-order chi connectivity index (χ1) is 7.24. The number of nitrogens with two attached hydrogens (primary N) is 1. The van der Waals surface area contributed by atoms with Crippen molar-refractivity contribution in [2.75, 3.05) is 11.9 Å². The van der Waals surface area contributed by atoms with E-state index in [9.17, 15) is 0 Å². The molecule has 1 aromatic rings. The highest BCUT2D eigenvalue weighted by molar-refractivity contribution is 5.54. The first kappa shape index (κ1) is 11.5. The Bertz CT molecular complexity index is 365. The quantitative estimate of drug-likeness (QED) is 0.737. The number of nitrogens with one attached hydrogen (secondary N) is 1. The second-order valence-electron chi connectivity index (χ2n) is 3.49. The third kappa shape index (κ3) is 4.00. The van der Waals surface area contributed by atoms with Gasteiger partial charge in [-0.2, -0.15) is 0 Å². The summed E-state index contributed by atoms with van der Waals surface area (Å²) in [5.41, 5.74) is 8.97. The first-order valence-electron chi connectivity index (χ1n) is 5.09. The fourth-order valence-corrected chi connectivity index (χ4v) is 1.24. The van der Waals surface area contributed by atoms with E-state index in [1.165, 1.54) is 11.1 Å². The summed E-state index contributed by atoms with van der Waals surface area (Å²) in [6.45, 7) is 4.75. The van der Waals surface area contributed by atoms with E-state index < -0.39 is 0 Å². The molecule has 2 nitrogen and oxygen atoms in total. The van der Waals surface area contributed by atoms with Gasteiger partial charge in [0, 0.05) is 18.4 Å². The molecule has 0 bridgehead atoms. The van der Waals surface area contributed by atoms with Crippen LogP contribution in [-0.2, 0) is 0 Å². The van der Waals surface area contributed by atoms with Gasteiger partial charge in [0.25, 0.3) is 0 Å². The Morgan fingerprint density at radius 3 is 2.80 bits per heavy atom. The molecule has 1 aromatic carbocycles. The predicted molar refractivity (Wildman–Crippen MR) is 66.9 cm³/mol. The maximum Gasteiger partial charge on any atom is 0.0412 e. The number of hydrogen-bond acceptors (Lipinski definition) is 2. The maximum absolute atomic E-state index is 5.32. The van der Waals surface area contributed by atoms with Crippen LogP contribution in [0.15, 0.2) is 42.6 Å². The van der Waals surface area contributed by atoms with Gasteiger partial charge < -0.3 is 11.1 Å². The van der Waals surface area contributed by atoms with E-state index in [4.69, 9.17) is 5.73 Å². The van der Waals surface area contributed by atoms with E-state index in [1.807, 2.05) is 24.4 Å². The Kier molecular flexibility index (Phi) is 4.64. The Hall–Kier alpha value is -1.54. The molecule has 1 rings (SSSR count). The molecular weight excluding hydrogens is 184 g/mol. The summed E-state index contributed by atoms with van der Waals surface area (Å²) in [5.74, 6) is 0. The summed E-state index contributed by atoms with van der Waals surface area (Å²) >= 11 is 0. The van der Waals surface area contributed by atoms with E-state index >= 15 is 0 Å². The lowest BCUT2D eigenvalue weighted by Crippen LogP contribution is -1.92. The summed E-state index contributed by atoms with van der Waals surface area (Å²) in [6.07, 6.45) is 7.68. The van der Waals surface area contributed by atoms with Crippen molar-refractivity contribution >= 4 is 5.69 Å². The molecule has 0 saturated heterocycles. The van der Waals surface area contributed by atoms with Crippen LogP contribution >= 0.6 is 0 Å². The van der Waals surface area contributed by atoms with Crippen LogP contribution in [0.25, 0.3) is 0 Å². The fraction of sp³-hybridized carbons (Fsp3) is 0.231. The SMILES string of the molecule is Cc1ccc(C)c(N/C=C/C=C/CN)c1. The fourth-order valence-electron chi connectivity index (χ4n) is 1.24. The van der Waals surface area contributed by atoms with Crippen LogP contribution in [0, 0.1) is 13.8 Å². The molecule has 0 aliphatic carbocycles. The first-order valence-corrected chi connectivity index (χ1v) is 5.09. The zero-order chi connectivity index (χ0) is 11.1. The lowest BCUT2D eigenvalue weighted by atomic mass is 10.1. The summed E-state index contributed by atoms with van der Waals surface area (Å²) < 4.78 is 0. The van der Waals surface area contributed by atoms with Crippen LogP contribution in [0.1, 0.15) is 11.1 Å². The van der Waals surface area contributed by atoms with E-state index in [1.54, 1.807) is 0 Å². The standard InChI is InChI=1S/C13H18N2/c1-11-6-7-12(2)13(10-11)15-9-5-3-4-8-14/h3-7,9-10,15H,8,14H2,1-2H3/b4-3+,9-5+. The van der Waals surface area contributed by atoms with Crippen molar-refractivity contribution in [3.63, 3.8) is 0 Å². The molecule has 80 valence electrons. The molecule has 0 aliphatic rings. The molecule has 2 heteroatoms. The Morgan fingerprint density at radius 2 is 2.07 bits per heavy atom. The lowest BCUT2D eigenvalue weighted by Gasteiger charge is -2.05. The summed E-state index contributed by atoms with van der Waals surface area (Å²) in [4.78, 5) is 0. The summed E-state index contributed by atoms with van der Waals surface area (Å²) in [5, 5.41) is 3.24. The Morgan fingerprint density at radius 1 is 1.27 bits per heavy atom. The van der Waals surface area contributed by atoms with Gasteiger partial charge in [-0.15, -0.1) is 0 Å². The molecule has 0 amide bonds. The highest BCUT2D eigenvalue weighted by Gasteiger charge is 1.94. The average molecular weight is 202 g/mol. The van der Waals surface area contributed by atoms with Crippen LogP contribution < -0.4 is 11.1 Å². The molecule has 0 saturated carbocycles. The molecule has 0 spiro atoms. The molecule has 0 aromatic heterocycles. The van der Waals surface area contributed by atoms with Gasteiger partial charge in [0.15, 0.2) is 0 Å². The van der Waals surface area contributed by atoms with Crippen LogP contribution in [0.4, 0.5) is 5.69 Å². The minimum absolute atomic E-state index is 0.577. The Balaban J connectivity index is 2.60. The number of hydrogen-bond donors (Lipinski definition) is 2. The smallest absolute Gasteiger partial charge is 0.0412 e. The van der Waals surface area contributed by atoms with Crippen molar-refractivity contribution in [2.24, 2.45) is 5.73 Å². The highest BCUT2D eigenvalue weighted by Crippen LogP contribution is 2.15. The molecule has 0 aliphatic heterocycles. The molecule has 3 N–H and O–H groups in total. The monoisotopic (exact) mass is 202 g/mol. The second-order valence-corrected chi connectivity index (χ2v) is 3.49. The number of benzene rings is 1. The number of rotatable bonds is 4. The van der Waals surface area contributed by atoms with Crippen molar-refractivity contribution in [2.45, 2.75) is 13.8 Å². The third-order valence-electron chi connectivity index (χ3n) is 2.11. The molecule has 0 atom stereocenters. The summed E-state index contributed by atoms with van der Waals surface area (Å²) in [7, 11) is 0.